The molecule has 2 aromatic rings. The van der Waals surface area contributed by atoms with Gasteiger partial charge in [-0.05, 0) is 25.7 Å². The molecule has 0 aromatic carbocycles. The topological polar surface area (TPSA) is 75.4 Å². The van der Waals surface area contributed by atoms with Crippen LogP contribution in [0.25, 0.3) is 5.78 Å². The highest BCUT2D eigenvalue weighted by atomic mass is 16.2. The van der Waals surface area contributed by atoms with Gasteiger partial charge in [-0.15, -0.1) is 0 Å². The fourth-order valence-corrected chi connectivity index (χ4v) is 2.77. The Morgan fingerprint density at radius 2 is 2.14 bits per heavy atom. The fourth-order valence-electron chi connectivity index (χ4n) is 2.77. The summed E-state index contributed by atoms with van der Waals surface area (Å²) in [6.45, 7) is 4.46. The van der Waals surface area contributed by atoms with Gasteiger partial charge in [-0.1, -0.05) is 6.92 Å². The molecule has 7 heteroatoms. The summed E-state index contributed by atoms with van der Waals surface area (Å²) >= 11 is 0. The van der Waals surface area contributed by atoms with Crippen LogP contribution in [0.1, 0.15) is 38.3 Å². The highest BCUT2D eigenvalue weighted by Crippen LogP contribution is 2.12. The molecule has 1 aliphatic rings. The molecule has 22 heavy (non-hydrogen) atoms. The van der Waals surface area contributed by atoms with E-state index >= 15 is 0 Å². The number of likely N-dealkylation sites (tertiary alicyclic amines) is 1. The van der Waals surface area contributed by atoms with Gasteiger partial charge in [0, 0.05) is 37.8 Å². The van der Waals surface area contributed by atoms with E-state index in [-0.39, 0.29) is 5.91 Å². The van der Waals surface area contributed by atoms with Crippen molar-refractivity contribution in [1.29, 1.82) is 0 Å². The van der Waals surface area contributed by atoms with Crippen LogP contribution < -0.4 is 5.32 Å². The Kier molecular flexibility index (Phi) is 4.50. The van der Waals surface area contributed by atoms with Gasteiger partial charge in [-0.3, -0.25) is 4.79 Å². The van der Waals surface area contributed by atoms with Gasteiger partial charge < -0.3 is 10.2 Å². The Hall–Kier alpha value is -2.18. The molecule has 1 amide bonds. The third-order valence-corrected chi connectivity index (χ3v) is 4.02. The van der Waals surface area contributed by atoms with Crippen molar-refractivity contribution in [1.82, 2.24) is 24.5 Å². The lowest BCUT2D eigenvalue weighted by Crippen LogP contribution is -2.36. The molecule has 0 saturated carbocycles. The predicted octanol–water partition coefficient (Wildman–Crippen LogP) is 1.50. The Bertz CT molecular complexity index is 647. The summed E-state index contributed by atoms with van der Waals surface area (Å²) in [6, 6.07) is 1.97. The summed E-state index contributed by atoms with van der Waals surface area (Å²) in [7, 11) is 0. The average Bonchev–Trinajstić information content (AvgIpc) is 3.04. The van der Waals surface area contributed by atoms with E-state index in [1.807, 2.05) is 11.0 Å². The molecule has 7 nitrogen and oxygen atoms in total. The van der Waals surface area contributed by atoms with E-state index < -0.39 is 0 Å². The first-order chi connectivity index (χ1) is 10.8. The number of aromatic nitrogens is 4. The standard InChI is InChI=1S/C15H22N6O/c1-2-12-10-13(21-15(19-12)17-11-18-21)16-7-6-14(22)20-8-4-3-5-9-20/h10-11,16H,2-9H2,1H3. The Morgan fingerprint density at radius 1 is 1.32 bits per heavy atom. The van der Waals surface area contributed by atoms with Crippen molar-refractivity contribution >= 4 is 17.5 Å². The number of anilines is 1. The van der Waals surface area contributed by atoms with Crippen LogP contribution in [0.15, 0.2) is 12.4 Å². The first-order valence-electron chi connectivity index (χ1n) is 7.99. The highest BCUT2D eigenvalue weighted by molar-refractivity contribution is 5.76. The second-order valence-electron chi connectivity index (χ2n) is 5.58. The average molecular weight is 302 g/mol. The molecule has 0 atom stereocenters. The summed E-state index contributed by atoms with van der Waals surface area (Å²) in [5, 5.41) is 7.46. The molecule has 1 aliphatic heterocycles. The molecule has 3 rings (SSSR count). The lowest BCUT2D eigenvalue weighted by atomic mass is 10.1. The number of carbonyl (C=O) groups excluding carboxylic acids is 1. The minimum Gasteiger partial charge on any atom is -0.369 e. The zero-order valence-electron chi connectivity index (χ0n) is 13.0. The zero-order chi connectivity index (χ0) is 15.4. The smallest absolute Gasteiger partial charge is 0.254 e. The van der Waals surface area contributed by atoms with E-state index in [4.69, 9.17) is 0 Å². The largest absolute Gasteiger partial charge is 0.369 e. The maximum absolute atomic E-state index is 12.2. The monoisotopic (exact) mass is 302 g/mol. The zero-order valence-corrected chi connectivity index (χ0v) is 13.0. The molecule has 118 valence electrons. The number of nitrogens with one attached hydrogen (secondary N) is 1. The van der Waals surface area contributed by atoms with E-state index in [0.717, 1.165) is 43.9 Å². The number of fused-ring (bicyclic) bond motifs is 1. The molecule has 0 radical (unpaired) electrons. The van der Waals surface area contributed by atoms with Gasteiger partial charge in [0.05, 0.1) is 0 Å². The number of rotatable bonds is 5. The van der Waals surface area contributed by atoms with Crippen molar-refractivity contribution in [3.8, 4) is 0 Å². The van der Waals surface area contributed by atoms with Crippen molar-refractivity contribution in [2.24, 2.45) is 0 Å². The highest BCUT2D eigenvalue weighted by Gasteiger charge is 2.16. The van der Waals surface area contributed by atoms with Crippen molar-refractivity contribution in [3.05, 3.63) is 18.1 Å². The van der Waals surface area contributed by atoms with Crippen LogP contribution in [0, 0.1) is 0 Å². The predicted molar refractivity (Wildman–Crippen MR) is 83.7 cm³/mol. The lowest BCUT2D eigenvalue weighted by Gasteiger charge is -2.26. The van der Waals surface area contributed by atoms with Gasteiger partial charge in [-0.2, -0.15) is 14.6 Å². The SMILES string of the molecule is CCc1cc(NCCC(=O)N2CCCCC2)n2ncnc2n1. The Balaban J connectivity index is 1.61. The second-order valence-corrected chi connectivity index (χ2v) is 5.58. The summed E-state index contributed by atoms with van der Waals surface area (Å²) < 4.78 is 1.67. The van der Waals surface area contributed by atoms with Crippen molar-refractivity contribution in [2.75, 3.05) is 25.0 Å². The number of hydrogen-bond donors (Lipinski definition) is 1. The molecular formula is C15H22N6O. The number of amides is 1. The molecule has 0 bridgehead atoms. The minimum absolute atomic E-state index is 0.229. The molecule has 1 fully saturated rings. The van der Waals surface area contributed by atoms with Gasteiger partial charge in [-0.25, -0.2) is 4.98 Å². The van der Waals surface area contributed by atoms with Crippen LogP contribution in [0.4, 0.5) is 5.82 Å². The van der Waals surface area contributed by atoms with Crippen LogP contribution in [0.2, 0.25) is 0 Å². The van der Waals surface area contributed by atoms with Crippen molar-refractivity contribution in [3.63, 3.8) is 0 Å². The first kappa shape index (κ1) is 14.7. The van der Waals surface area contributed by atoms with Crippen LogP contribution in [0.5, 0.6) is 0 Å². The van der Waals surface area contributed by atoms with Crippen molar-refractivity contribution in [2.45, 2.75) is 39.0 Å². The van der Waals surface area contributed by atoms with Crippen molar-refractivity contribution < 1.29 is 4.79 Å². The van der Waals surface area contributed by atoms with E-state index in [1.54, 1.807) is 4.52 Å². The molecule has 0 aliphatic carbocycles. The van der Waals surface area contributed by atoms with Crippen LogP contribution >= 0.6 is 0 Å². The van der Waals surface area contributed by atoms with Crippen LogP contribution in [-0.4, -0.2) is 50.0 Å². The van der Waals surface area contributed by atoms with Gasteiger partial charge in [0.25, 0.3) is 5.78 Å². The number of carbonyl (C=O) groups is 1. The summed E-state index contributed by atoms with van der Waals surface area (Å²) in [5.41, 5.74) is 0.963. The molecule has 0 unspecified atom stereocenters. The molecule has 0 spiro atoms. The maximum atomic E-state index is 12.2. The van der Waals surface area contributed by atoms with E-state index in [2.05, 4.69) is 27.3 Å². The second kappa shape index (κ2) is 6.72. The van der Waals surface area contributed by atoms with E-state index in [9.17, 15) is 4.79 Å². The minimum atomic E-state index is 0.229. The summed E-state index contributed by atoms with van der Waals surface area (Å²) in [4.78, 5) is 22.7. The van der Waals surface area contributed by atoms with Gasteiger partial charge in [0.15, 0.2) is 0 Å². The van der Waals surface area contributed by atoms with E-state index in [0.29, 0.717) is 18.7 Å². The van der Waals surface area contributed by atoms with E-state index in [1.165, 1.54) is 12.7 Å². The molecule has 3 heterocycles. The Morgan fingerprint density at radius 3 is 2.91 bits per heavy atom. The number of aryl methyl sites for hydroxylation is 1. The van der Waals surface area contributed by atoms with Crippen LogP contribution in [0.3, 0.4) is 0 Å². The van der Waals surface area contributed by atoms with Gasteiger partial charge in [0.2, 0.25) is 5.91 Å². The first-order valence-corrected chi connectivity index (χ1v) is 7.99. The quantitative estimate of drug-likeness (QED) is 0.906. The number of nitrogens with zero attached hydrogens (tertiary/aromatic N) is 5. The third kappa shape index (κ3) is 3.18. The van der Waals surface area contributed by atoms with Gasteiger partial charge in [0.1, 0.15) is 12.1 Å². The molecule has 2 aromatic heterocycles. The fraction of sp³-hybridized carbons (Fsp3) is 0.600. The maximum Gasteiger partial charge on any atom is 0.254 e. The summed E-state index contributed by atoms with van der Waals surface area (Å²) in [5.74, 6) is 1.65. The Labute approximate surface area is 129 Å². The lowest BCUT2D eigenvalue weighted by molar-refractivity contribution is -0.131. The number of piperidine rings is 1. The van der Waals surface area contributed by atoms with Gasteiger partial charge >= 0.3 is 0 Å². The summed E-state index contributed by atoms with van der Waals surface area (Å²) in [6.07, 6.45) is 6.33. The molecular weight excluding hydrogens is 280 g/mol. The molecule has 1 N–H and O–H groups in total. The third-order valence-electron chi connectivity index (χ3n) is 4.02. The molecule has 1 saturated heterocycles. The number of hydrogen-bond acceptors (Lipinski definition) is 5. The van der Waals surface area contributed by atoms with Crippen LogP contribution in [-0.2, 0) is 11.2 Å². The normalized spacial score (nSPS) is 15.2.